The van der Waals surface area contributed by atoms with Gasteiger partial charge in [-0.3, -0.25) is 5.32 Å². The number of rotatable bonds is 3. The Morgan fingerprint density at radius 1 is 1.37 bits per heavy atom. The molecular weight excluding hydrogens is 236 g/mol. The fourth-order valence-corrected chi connectivity index (χ4v) is 3.27. The molecule has 1 aliphatic carbocycles. The van der Waals surface area contributed by atoms with Crippen molar-refractivity contribution in [1.82, 2.24) is 5.32 Å². The zero-order valence-electron chi connectivity index (χ0n) is 11.2. The summed E-state index contributed by atoms with van der Waals surface area (Å²) in [6.07, 6.45) is 5.58. The number of fused-ring (bicyclic) bond motifs is 1. The van der Waals surface area contributed by atoms with Gasteiger partial charge in [0.05, 0.1) is 12.2 Å². The molecule has 1 N–H and O–H groups in total. The molecule has 100 valence electrons. The van der Waals surface area contributed by atoms with Gasteiger partial charge in [-0.05, 0) is 43.2 Å². The molecule has 0 bridgehead atoms. The molecule has 1 fully saturated rings. The quantitative estimate of drug-likeness (QED) is 0.903. The lowest BCUT2D eigenvalue weighted by molar-refractivity contribution is 0.103. The highest BCUT2D eigenvalue weighted by molar-refractivity contribution is 5.40. The summed E-state index contributed by atoms with van der Waals surface area (Å²) in [5.74, 6) is 0. The van der Waals surface area contributed by atoms with E-state index in [0.29, 0.717) is 0 Å². The molecule has 3 nitrogen and oxygen atoms in total. The van der Waals surface area contributed by atoms with Crippen LogP contribution in [0.25, 0.3) is 0 Å². The molecule has 3 rings (SSSR count). The topological polar surface area (TPSA) is 45.0 Å². The van der Waals surface area contributed by atoms with Crippen LogP contribution in [0.5, 0.6) is 0 Å². The van der Waals surface area contributed by atoms with Crippen molar-refractivity contribution >= 4 is 0 Å². The second kappa shape index (κ2) is 5.32. The van der Waals surface area contributed by atoms with Gasteiger partial charge in [-0.1, -0.05) is 24.3 Å². The largest absolute Gasteiger partial charge is 0.377 e. The first-order valence-corrected chi connectivity index (χ1v) is 7.20. The number of nitrogens with zero attached hydrogens (tertiary/aromatic N) is 1. The lowest BCUT2D eigenvalue weighted by atomic mass is 9.77. The number of aryl methyl sites for hydroxylation is 1. The maximum atomic E-state index is 9.71. The average Bonchev–Trinajstić information content (AvgIpc) is 2.98. The summed E-state index contributed by atoms with van der Waals surface area (Å²) in [6.45, 7) is 1.64. The van der Waals surface area contributed by atoms with Crippen LogP contribution in [0.15, 0.2) is 24.3 Å². The Labute approximate surface area is 114 Å². The van der Waals surface area contributed by atoms with E-state index in [1.807, 2.05) is 6.07 Å². The number of nitrogens with one attached hydrogen (secondary N) is 1. The van der Waals surface area contributed by atoms with E-state index < -0.39 is 5.54 Å². The molecule has 1 aromatic carbocycles. The molecule has 1 heterocycles. The van der Waals surface area contributed by atoms with Gasteiger partial charge in [-0.2, -0.15) is 5.26 Å². The molecule has 0 spiro atoms. The molecule has 2 atom stereocenters. The van der Waals surface area contributed by atoms with Crippen molar-refractivity contribution in [3.63, 3.8) is 0 Å². The van der Waals surface area contributed by atoms with E-state index in [-0.39, 0.29) is 6.10 Å². The van der Waals surface area contributed by atoms with Crippen molar-refractivity contribution < 1.29 is 4.74 Å². The second-order valence-electron chi connectivity index (χ2n) is 5.54. The zero-order valence-corrected chi connectivity index (χ0v) is 11.2. The molecular formula is C16H20N2O. The smallest absolute Gasteiger partial charge is 0.132 e. The van der Waals surface area contributed by atoms with Crippen LogP contribution in [0.1, 0.15) is 36.8 Å². The third kappa shape index (κ3) is 2.39. The summed E-state index contributed by atoms with van der Waals surface area (Å²) >= 11 is 0. The van der Waals surface area contributed by atoms with E-state index in [1.165, 1.54) is 11.1 Å². The Balaban J connectivity index is 1.81. The lowest BCUT2D eigenvalue weighted by Gasteiger charge is -2.35. The number of benzene rings is 1. The van der Waals surface area contributed by atoms with Gasteiger partial charge in [0.1, 0.15) is 5.54 Å². The fourth-order valence-electron chi connectivity index (χ4n) is 3.27. The molecule has 0 saturated carbocycles. The van der Waals surface area contributed by atoms with E-state index >= 15 is 0 Å². The van der Waals surface area contributed by atoms with Crippen LogP contribution < -0.4 is 5.32 Å². The van der Waals surface area contributed by atoms with E-state index in [0.717, 1.165) is 45.3 Å². The Hall–Kier alpha value is -1.37. The normalized spacial score (nSPS) is 29.7. The van der Waals surface area contributed by atoms with E-state index in [1.54, 1.807) is 0 Å². The average molecular weight is 256 g/mol. The van der Waals surface area contributed by atoms with Crippen LogP contribution in [-0.4, -0.2) is 19.3 Å². The number of nitriles is 1. The standard InChI is InChI=1S/C16H20N2O/c17-12-16(18-11-14-7-4-10-19-14)9-3-6-13-5-1-2-8-15(13)16/h1-2,5,8,14,18H,3-4,6-7,9-11H2. The van der Waals surface area contributed by atoms with Crippen LogP contribution in [0.4, 0.5) is 0 Å². The first kappa shape index (κ1) is 12.7. The van der Waals surface area contributed by atoms with E-state index in [2.05, 4.69) is 29.6 Å². The minimum absolute atomic E-state index is 0.277. The zero-order chi connectivity index (χ0) is 13.1. The van der Waals surface area contributed by atoms with Gasteiger partial charge < -0.3 is 4.74 Å². The molecule has 2 aliphatic rings. The molecule has 0 aromatic heterocycles. The second-order valence-corrected chi connectivity index (χ2v) is 5.54. The Bertz CT molecular complexity index is 488. The monoisotopic (exact) mass is 256 g/mol. The highest BCUT2D eigenvalue weighted by Crippen LogP contribution is 2.35. The molecule has 2 unspecified atom stereocenters. The van der Waals surface area contributed by atoms with Crippen molar-refractivity contribution in [1.29, 1.82) is 5.26 Å². The summed E-state index contributed by atoms with van der Waals surface area (Å²) in [5, 5.41) is 13.2. The molecule has 1 aromatic rings. The summed E-state index contributed by atoms with van der Waals surface area (Å²) < 4.78 is 5.65. The highest BCUT2D eigenvalue weighted by atomic mass is 16.5. The van der Waals surface area contributed by atoms with Gasteiger partial charge in [-0.25, -0.2) is 0 Å². The van der Waals surface area contributed by atoms with Crippen LogP contribution >= 0.6 is 0 Å². The van der Waals surface area contributed by atoms with Crippen molar-refractivity contribution in [3.8, 4) is 6.07 Å². The molecule has 3 heteroatoms. The Kier molecular flexibility index (Phi) is 3.54. The highest BCUT2D eigenvalue weighted by Gasteiger charge is 2.36. The molecule has 1 aliphatic heterocycles. The Morgan fingerprint density at radius 2 is 2.26 bits per heavy atom. The first-order chi connectivity index (χ1) is 9.34. The maximum absolute atomic E-state index is 9.71. The lowest BCUT2D eigenvalue weighted by Crippen LogP contribution is -2.46. The third-order valence-corrected chi connectivity index (χ3v) is 4.32. The summed E-state index contributed by atoms with van der Waals surface area (Å²) in [7, 11) is 0. The maximum Gasteiger partial charge on any atom is 0.132 e. The van der Waals surface area contributed by atoms with Crippen LogP contribution in [-0.2, 0) is 16.7 Å². The minimum Gasteiger partial charge on any atom is -0.377 e. The number of hydrogen-bond acceptors (Lipinski definition) is 3. The van der Waals surface area contributed by atoms with Crippen LogP contribution in [0.2, 0.25) is 0 Å². The third-order valence-electron chi connectivity index (χ3n) is 4.32. The van der Waals surface area contributed by atoms with Gasteiger partial charge in [0.2, 0.25) is 0 Å². The SMILES string of the molecule is N#CC1(NCC2CCCO2)CCCc2ccccc21. The van der Waals surface area contributed by atoms with Crippen LogP contribution in [0.3, 0.4) is 0 Å². The molecule has 0 radical (unpaired) electrons. The summed E-state index contributed by atoms with van der Waals surface area (Å²) in [4.78, 5) is 0. The molecule has 19 heavy (non-hydrogen) atoms. The minimum atomic E-state index is -0.513. The van der Waals surface area contributed by atoms with E-state index in [9.17, 15) is 5.26 Å². The van der Waals surface area contributed by atoms with Gasteiger partial charge in [0.15, 0.2) is 0 Å². The Morgan fingerprint density at radius 3 is 3.05 bits per heavy atom. The summed E-state index contributed by atoms with van der Waals surface area (Å²) in [6, 6.07) is 10.9. The van der Waals surface area contributed by atoms with E-state index in [4.69, 9.17) is 4.74 Å². The molecule has 1 saturated heterocycles. The van der Waals surface area contributed by atoms with Crippen molar-refractivity contribution in [2.75, 3.05) is 13.2 Å². The fraction of sp³-hybridized carbons (Fsp3) is 0.562. The van der Waals surface area contributed by atoms with Gasteiger partial charge in [-0.15, -0.1) is 0 Å². The van der Waals surface area contributed by atoms with Crippen LogP contribution in [0, 0.1) is 11.3 Å². The predicted molar refractivity (Wildman–Crippen MR) is 73.6 cm³/mol. The summed E-state index contributed by atoms with van der Waals surface area (Å²) in [5.41, 5.74) is 1.97. The van der Waals surface area contributed by atoms with Gasteiger partial charge in [0, 0.05) is 13.2 Å². The predicted octanol–water partition coefficient (Wildman–Crippen LogP) is 2.51. The van der Waals surface area contributed by atoms with Crippen molar-refractivity contribution in [3.05, 3.63) is 35.4 Å². The van der Waals surface area contributed by atoms with Gasteiger partial charge in [0.25, 0.3) is 0 Å². The molecule has 0 amide bonds. The number of ether oxygens (including phenoxy) is 1. The number of hydrogen-bond donors (Lipinski definition) is 1. The van der Waals surface area contributed by atoms with Crippen molar-refractivity contribution in [2.45, 2.75) is 43.7 Å². The van der Waals surface area contributed by atoms with Crippen molar-refractivity contribution in [2.24, 2.45) is 0 Å². The van der Waals surface area contributed by atoms with Gasteiger partial charge >= 0.3 is 0 Å². The first-order valence-electron chi connectivity index (χ1n) is 7.20.